The average molecular weight is 298 g/mol. The third-order valence-electron chi connectivity index (χ3n) is 2.72. The maximum absolute atomic E-state index is 5.91. The van der Waals surface area contributed by atoms with Gasteiger partial charge in [0.05, 0.1) is 6.10 Å². The molecule has 0 aliphatic carbocycles. The summed E-state index contributed by atoms with van der Waals surface area (Å²) in [6.07, 6.45) is 0.167. The van der Waals surface area contributed by atoms with Gasteiger partial charge in [-0.05, 0) is 19.9 Å². The minimum atomic E-state index is 0.167. The van der Waals surface area contributed by atoms with Crippen molar-refractivity contribution in [3.8, 4) is 5.75 Å². The molecule has 5 heteroatoms. The SMILES string of the molecule is CC(C)Oc1cc(N)cc(NCC2CSCCS2)c1. The van der Waals surface area contributed by atoms with Crippen LogP contribution in [0.4, 0.5) is 11.4 Å². The van der Waals surface area contributed by atoms with E-state index >= 15 is 0 Å². The molecule has 1 aromatic rings. The van der Waals surface area contributed by atoms with E-state index in [2.05, 4.69) is 17.1 Å². The standard InChI is InChI=1S/C14H22N2OS2/c1-10(2)17-13-6-11(15)5-12(7-13)16-8-14-9-18-3-4-19-14/h5-7,10,14,16H,3-4,8-9,15H2,1-2H3. The van der Waals surface area contributed by atoms with E-state index in [-0.39, 0.29) is 6.10 Å². The molecule has 0 bridgehead atoms. The molecule has 0 saturated carbocycles. The van der Waals surface area contributed by atoms with Gasteiger partial charge in [0.25, 0.3) is 0 Å². The van der Waals surface area contributed by atoms with Gasteiger partial charge in [-0.25, -0.2) is 0 Å². The number of rotatable bonds is 5. The number of hydrogen-bond donors (Lipinski definition) is 2. The normalized spacial score (nSPS) is 19.4. The first kappa shape index (κ1) is 14.7. The summed E-state index contributed by atoms with van der Waals surface area (Å²) in [4.78, 5) is 0. The quantitative estimate of drug-likeness (QED) is 0.817. The number of anilines is 2. The number of nitrogen functional groups attached to an aromatic ring is 1. The van der Waals surface area contributed by atoms with Crippen LogP contribution in [0.1, 0.15) is 13.8 Å². The van der Waals surface area contributed by atoms with Gasteiger partial charge in [-0.15, -0.1) is 0 Å². The van der Waals surface area contributed by atoms with Gasteiger partial charge in [-0.2, -0.15) is 23.5 Å². The summed E-state index contributed by atoms with van der Waals surface area (Å²) in [6.45, 7) is 5.03. The van der Waals surface area contributed by atoms with E-state index in [0.29, 0.717) is 5.25 Å². The van der Waals surface area contributed by atoms with E-state index in [1.807, 2.05) is 43.8 Å². The zero-order valence-corrected chi connectivity index (χ0v) is 13.2. The topological polar surface area (TPSA) is 47.3 Å². The number of ether oxygens (including phenoxy) is 1. The van der Waals surface area contributed by atoms with Crippen molar-refractivity contribution in [2.45, 2.75) is 25.2 Å². The highest BCUT2D eigenvalue weighted by Gasteiger charge is 2.14. The molecule has 1 atom stereocenters. The number of benzene rings is 1. The van der Waals surface area contributed by atoms with Crippen LogP contribution in [0.3, 0.4) is 0 Å². The summed E-state index contributed by atoms with van der Waals surface area (Å²) in [7, 11) is 0. The van der Waals surface area contributed by atoms with Crippen LogP contribution < -0.4 is 15.8 Å². The second kappa shape index (κ2) is 7.20. The van der Waals surface area contributed by atoms with E-state index in [1.165, 1.54) is 17.3 Å². The Morgan fingerprint density at radius 2 is 2.21 bits per heavy atom. The maximum Gasteiger partial charge on any atom is 0.123 e. The van der Waals surface area contributed by atoms with E-state index in [4.69, 9.17) is 10.5 Å². The van der Waals surface area contributed by atoms with Crippen LogP contribution >= 0.6 is 23.5 Å². The molecule has 1 aromatic carbocycles. The Morgan fingerprint density at radius 3 is 2.89 bits per heavy atom. The van der Waals surface area contributed by atoms with Crippen molar-refractivity contribution in [2.24, 2.45) is 0 Å². The van der Waals surface area contributed by atoms with E-state index in [9.17, 15) is 0 Å². The van der Waals surface area contributed by atoms with Crippen molar-refractivity contribution >= 4 is 34.9 Å². The molecular weight excluding hydrogens is 276 g/mol. The van der Waals surface area contributed by atoms with Gasteiger partial charge in [0, 0.05) is 52.6 Å². The molecule has 1 unspecified atom stereocenters. The van der Waals surface area contributed by atoms with Crippen molar-refractivity contribution < 1.29 is 4.74 Å². The van der Waals surface area contributed by atoms with Crippen molar-refractivity contribution in [1.82, 2.24) is 0 Å². The fourth-order valence-corrected chi connectivity index (χ4v) is 4.56. The molecule has 1 fully saturated rings. The third-order valence-corrected chi connectivity index (χ3v) is 5.56. The fraction of sp³-hybridized carbons (Fsp3) is 0.571. The van der Waals surface area contributed by atoms with Crippen LogP contribution in [-0.4, -0.2) is 35.2 Å². The second-order valence-corrected chi connectivity index (χ2v) is 7.46. The predicted molar refractivity (Wildman–Crippen MR) is 88.7 cm³/mol. The van der Waals surface area contributed by atoms with Crippen molar-refractivity contribution in [3.63, 3.8) is 0 Å². The highest BCUT2D eigenvalue weighted by molar-refractivity contribution is 8.06. The minimum Gasteiger partial charge on any atom is -0.491 e. The Hall–Kier alpha value is -0.680. The first-order valence-corrected chi connectivity index (χ1v) is 8.84. The van der Waals surface area contributed by atoms with Crippen molar-refractivity contribution in [3.05, 3.63) is 18.2 Å². The summed E-state index contributed by atoms with van der Waals surface area (Å²) in [5, 5.41) is 4.16. The van der Waals surface area contributed by atoms with Crippen molar-refractivity contribution in [2.75, 3.05) is 34.9 Å². The molecule has 1 heterocycles. The lowest BCUT2D eigenvalue weighted by atomic mass is 10.2. The van der Waals surface area contributed by atoms with Gasteiger partial charge >= 0.3 is 0 Å². The third kappa shape index (κ3) is 5.07. The largest absolute Gasteiger partial charge is 0.491 e. The van der Waals surface area contributed by atoms with Gasteiger partial charge in [0.15, 0.2) is 0 Å². The zero-order chi connectivity index (χ0) is 13.7. The molecular formula is C14H22N2OS2. The van der Waals surface area contributed by atoms with Gasteiger partial charge in [-0.1, -0.05) is 0 Å². The van der Waals surface area contributed by atoms with Crippen LogP contribution in [0.2, 0.25) is 0 Å². The lowest BCUT2D eigenvalue weighted by molar-refractivity contribution is 0.242. The smallest absolute Gasteiger partial charge is 0.123 e. The number of hydrogen-bond acceptors (Lipinski definition) is 5. The van der Waals surface area contributed by atoms with Crippen LogP contribution in [0.5, 0.6) is 5.75 Å². The summed E-state index contributed by atoms with van der Waals surface area (Å²) in [5.41, 5.74) is 7.70. The van der Waals surface area contributed by atoms with Gasteiger partial charge in [0.2, 0.25) is 0 Å². The first-order chi connectivity index (χ1) is 9.13. The summed E-state index contributed by atoms with van der Waals surface area (Å²) >= 11 is 4.10. The van der Waals surface area contributed by atoms with Gasteiger partial charge in [-0.3, -0.25) is 0 Å². The molecule has 19 heavy (non-hydrogen) atoms. The highest BCUT2D eigenvalue weighted by atomic mass is 32.2. The Morgan fingerprint density at radius 1 is 1.37 bits per heavy atom. The molecule has 2 rings (SSSR count). The average Bonchev–Trinajstić information content (AvgIpc) is 2.36. The number of thioether (sulfide) groups is 2. The molecule has 106 valence electrons. The Balaban J connectivity index is 1.93. The van der Waals surface area contributed by atoms with Gasteiger partial charge in [0.1, 0.15) is 5.75 Å². The van der Waals surface area contributed by atoms with E-state index < -0.39 is 0 Å². The van der Waals surface area contributed by atoms with Crippen LogP contribution in [0.25, 0.3) is 0 Å². The molecule has 1 aliphatic rings. The predicted octanol–water partition coefficient (Wildman–Crippen LogP) is 3.32. The number of nitrogens with two attached hydrogens (primary N) is 1. The summed E-state index contributed by atoms with van der Waals surface area (Å²) < 4.78 is 5.70. The lowest BCUT2D eigenvalue weighted by Crippen LogP contribution is -2.23. The maximum atomic E-state index is 5.91. The minimum absolute atomic E-state index is 0.167. The van der Waals surface area contributed by atoms with Crippen LogP contribution in [0.15, 0.2) is 18.2 Å². The summed E-state index contributed by atoms with van der Waals surface area (Å²) in [6, 6.07) is 5.86. The Bertz CT molecular complexity index is 406. The molecule has 0 radical (unpaired) electrons. The molecule has 0 amide bonds. The molecule has 1 aliphatic heterocycles. The van der Waals surface area contributed by atoms with Gasteiger partial charge < -0.3 is 15.8 Å². The second-order valence-electron chi connectivity index (χ2n) is 4.91. The summed E-state index contributed by atoms with van der Waals surface area (Å²) in [5.74, 6) is 4.61. The van der Waals surface area contributed by atoms with Crippen LogP contribution in [0, 0.1) is 0 Å². The Kier molecular flexibility index (Phi) is 5.58. The highest BCUT2D eigenvalue weighted by Crippen LogP contribution is 2.26. The van der Waals surface area contributed by atoms with E-state index in [0.717, 1.165) is 23.7 Å². The Labute approximate surface area is 124 Å². The molecule has 1 saturated heterocycles. The zero-order valence-electron chi connectivity index (χ0n) is 11.5. The molecule has 3 nitrogen and oxygen atoms in total. The first-order valence-electron chi connectivity index (χ1n) is 6.64. The fourth-order valence-electron chi connectivity index (χ4n) is 1.95. The van der Waals surface area contributed by atoms with E-state index in [1.54, 1.807) is 0 Å². The van der Waals surface area contributed by atoms with Crippen molar-refractivity contribution in [1.29, 1.82) is 0 Å². The molecule has 0 spiro atoms. The number of nitrogens with one attached hydrogen (secondary N) is 1. The lowest BCUT2D eigenvalue weighted by Gasteiger charge is -2.22. The monoisotopic (exact) mass is 298 g/mol. The molecule has 3 N–H and O–H groups in total. The molecule has 0 aromatic heterocycles. The van der Waals surface area contributed by atoms with Crippen LogP contribution in [-0.2, 0) is 0 Å².